The summed E-state index contributed by atoms with van der Waals surface area (Å²) >= 11 is 0. The van der Waals surface area contributed by atoms with Crippen LogP contribution in [0.25, 0.3) is 0 Å². The van der Waals surface area contributed by atoms with Crippen molar-refractivity contribution in [3.05, 3.63) is 12.2 Å². The lowest BCUT2D eigenvalue weighted by atomic mass is 9.50. The molecule has 100 valence electrons. The van der Waals surface area contributed by atoms with Gasteiger partial charge in [-0.05, 0) is 33.1 Å². The van der Waals surface area contributed by atoms with Gasteiger partial charge in [-0.1, -0.05) is 32.6 Å². The summed E-state index contributed by atoms with van der Waals surface area (Å²) in [6.45, 7) is 9.64. The van der Waals surface area contributed by atoms with Crippen molar-refractivity contribution in [3.63, 3.8) is 0 Å². The topological polar surface area (TPSA) is 50.1 Å². The summed E-state index contributed by atoms with van der Waals surface area (Å²) in [7, 11) is 0. The van der Waals surface area contributed by atoms with Gasteiger partial charge >= 0.3 is 5.97 Å². The van der Waals surface area contributed by atoms with E-state index in [0.29, 0.717) is 5.92 Å². The second-order valence-corrected chi connectivity index (χ2v) is 5.67. The Balaban J connectivity index is 4.20. The number of nitriles is 1. The van der Waals surface area contributed by atoms with Gasteiger partial charge in [-0.3, -0.25) is 0 Å². The average molecular weight is 249 g/mol. The lowest BCUT2D eigenvalue weighted by Gasteiger charge is -2.18. The lowest BCUT2D eigenvalue weighted by Crippen LogP contribution is -2.22. The van der Waals surface area contributed by atoms with E-state index < -0.39 is 5.60 Å². The predicted octanol–water partition coefficient (Wildman–Crippen LogP) is 3.49. The number of hydrogen-bond acceptors (Lipinski definition) is 3. The molecule has 1 unspecified atom stereocenters. The first kappa shape index (κ1) is 16.8. The number of esters is 1. The van der Waals surface area contributed by atoms with Crippen molar-refractivity contribution < 1.29 is 9.53 Å². The summed E-state index contributed by atoms with van der Waals surface area (Å²) in [5.74, 6) is 2.27. The molecule has 0 aliphatic carbocycles. The Hall–Kier alpha value is -1.24. The molecule has 0 saturated heterocycles. The Morgan fingerprint density at radius 2 is 2.11 bits per heavy atom. The van der Waals surface area contributed by atoms with Crippen molar-refractivity contribution >= 4 is 12.7 Å². The van der Waals surface area contributed by atoms with E-state index in [9.17, 15) is 4.79 Å². The molecule has 1 atom stereocenters. The van der Waals surface area contributed by atoms with Crippen molar-refractivity contribution in [3.8, 4) is 5.97 Å². The molecule has 4 heteroatoms. The minimum absolute atomic E-state index is 0.0778. The van der Waals surface area contributed by atoms with Crippen LogP contribution < -0.4 is 0 Å². The fourth-order valence-corrected chi connectivity index (χ4v) is 1.52. The first-order valence-electron chi connectivity index (χ1n) is 6.59. The highest BCUT2D eigenvalue weighted by atomic mass is 16.6. The van der Waals surface area contributed by atoms with E-state index in [4.69, 9.17) is 10.00 Å². The van der Waals surface area contributed by atoms with Gasteiger partial charge in [0.25, 0.3) is 6.71 Å². The Bertz CT molecular complexity index is 326. The second-order valence-electron chi connectivity index (χ2n) is 5.67. The maximum atomic E-state index is 11.5. The summed E-state index contributed by atoms with van der Waals surface area (Å²) in [4.78, 5) is 11.5. The van der Waals surface area contributed by atoms with Gasteiger partial charge in [0.2, 0.25) is 0 Å². The maximum absolute atomic E-state index is 11.5. The Morgan fingerprint density at radius 3 is 2.56 bits per heavy atom. The smallest absolute Gasteiger partial charge is 0.330 e. The molecule has 18 heavy (non-hydrogen) atoms. The minimum atomic E-state index is -0.446. The van der Waals surface area contributed by atoms with Crippen molar-refractivity contribution in [2.24, 2.45) is 5.92 Å². The van der Waals surface area contributed by atoms with Gasteiger partial charge in [0.15, 0.2) is 0 Å². The highest BCUT2D eigenvalue weighted by Crippen LogP contribution is 2.15. The number of hydrogen-bond donors (Lipinski definition) is 0. The number of allylic oxidation sites excluding steroid dienone is 1. The molecule has 0 rings (SSSR count). The molecule has 0 aromatic carbocycles. The van der Waals surface area contributed by atoms with Gasteiger partial charge in [-0.15, -0.1) is 0 Å². The van der Waals surface area contributed by atoms with Crippen molar-refractivity contribution in [2.45, 2.75) is 59.3 Å². The van der Waals surface area contributed by atoms with E-state index in [1.54, 1.807) is 0 Å². The quantitative estimate of drug-likeness (QED) is 0.411. The minimum Gasteiger partial charge on any atom is -0.457 e. The summed E-state index contributed by atoms with van der Waals surface area (Å²) < 4.78 is 5.20. The SMILES string of the molecule is CCC(/C=C/C(=O)OC(C)(C)C)CCB(C)C#N. The molecule has 0 radical (unpaired) electrons. The Morgan fingerprint density at radius 1 is 1.50 bits per heavy atom. The highest BCUT2D eigenvalue weighted by Gasteiger charge is 2.15. The summed E-state index contributed by atoms with van der Waals surface area (Å²) in [5, 5.41) is 8.72. The van der Waals surface area contributed by atoms with E-state index in [1.807, 2.05) is 33.7 Å². The van der Waals surface area contributed by atoms with E-state index in [0.717, 1.165) is 19.2 Å². The first-order chi connectivity index (χ1) is 8.28. The molecule has 0 heterocycles. The summed E-state index contributed by atoms with van der Waals surface area (Å²) in [6.07, 6.45) is 6.18. The molecule has 0 saturated carbocycles. The molecule has 0 fully saturated rings. The first-order valence-corrected chi connectivity index (χ1v) is 6.59. The number of carbonyl (C=O) groups excluding carboxylic acids is 1. The van der Waals surface area contributed by atoms with Crippen molar-refractivity contribution in [1.29, 1.82) is 5.26 Å². The summed E-state index contributed by atoms with van der Waals surface area (Å²) in [6, 6.07) is 0. The second kappa shape index (κ2) is 7.97. The zero-order chi connectivity index (χ0) is 14.2. The van der Waals surface area contributed by atoms with Crippen molar-refractivity contribution in [2.75, 3.05) is 0 Å². The van der Waals surface area contributed by atoms with Gasteiger partial charge in [0, 0.05) is 12.0 Å². The largest absolute Gasteiger partial charge is 0.457 e. The maximum Gasteiger partial charge on any atom is 0.330 e. The van der Waals surface area contributed by atoms with Crippen LogP contribution in [-0.2, 0) is 9.53 Å². The van der Waals surface area contributed by atoms with E-state index >= 15 is 0 Å². The molecule has 0 aromatic rings. The third-order valence-corrected chi connectivity index (χ3v) is 2.63. The zero-order valence-corrected chi connectivity index (χ0v) is 12.2. The molecular weight excluding hydrogens is 225 g/mol. The van der Waals surface area contributed by atoms with Crippen LogP contribution in [0.1, 0.15) is 40.5 Å². The highest BCUT2D eigenvalue weighted by molar-refractivity contribution is 6.65. The third kappa shape index (κ3) is 8.86. The molecule has 0 spiro atoms. The van der Waals surface area contributed by atoms with E-state index in [-0.39, 0.29) is 12.7 Å². The van der Waals surface area contributed by atoms with Crippen LogP contribution in [0, 0.1) is 17.1 Å². The van der Waals surface area contributed by atoms with Gasteiger partial charge in [-0.2, -0.15) is 0 Å². The summed E-state index contributed by atoms with van der Waals surface area (Å²) in [5.41, 5.74) is -0.446. The Kier molecular flexibility index (Phi) is 7.42. The van der Waals surface area contributed by atoms with E-state index in [2.05, 4.69) is 12.9 Å². The number of nitrogens with zero attached hydrogens (tertiary/aromatic N) is 1. The Labute approximate surface area is 111 Å². The third-order valence-electron chi connectivity index (χ3n) is 2.63. The van der Waals surface area contributed by atoms with Crippen LogP contribution in [0.5, 0.6) is 0 Å². The fourth-order valence-electron chi connectivity index (χ4n) is 1.52. The monoisotopic (exact) mass is 249 g/mol. The van der Waals surface area contributed by atoms with Gasteiger partial charge in [0.1, 0.15) is 5.60 Å². The number of rotatable bonds is 6. The van der Waals surface area contributed by atoms with Gasteiger partial charge in [-0.25, -0.2) is 10.1 Å². The zero-order valence-electron chi connectivity index (χ0n) is 12.2. The molecule has 0 aliphatic rings. The molecular formula is C14H24BNO2. The number of carbonyl (C=O) groups is 1. The standard InChI is InChI=1S/C14H24BNO2/c1-6-12(9-10-15(5)11-16)7-8-13(17)18-14(2,3)4/h7-8,12H,6,9-10H2,1-5H3/b8-7+. The predicted molar refractivity (Wildman–Crippen MR) is 75.4 cm³/mol. The van der Waals surface area contributed by atoms with Crippen LogP contribution in [0.15, 0.2) is 12.2 Å². The molecule has 0 amide bonds. The molecule has 0 N–H and O–H groups in total. The molecule has 0 aromatic heterocycles. The van der Waals surface area contributed by atoms with Crippen LogP contribution in [-0.4, -0.2) is 18.3 Å². The van der Waals surface area contributed by atoms with Crippen LogP contribution in [0.3, 0.4) is 0 Å². The van der Waals surface area contributed by atoms with Crippen LogP contribution >= 0.6 is 0 Å². The fraction of sp³-hybridized carbons (Fsp3) is 0.714. The van der Waals surface area contributed by atoms with Gasteiger partial charge < -0.3 is 4.74 Å². The molecule has 0 aliphatic heterocycles. The average Bonchev–Trinajstić information content (AvgIpc) is 2.26. The molecule has 0 bridgehead atoms. The number of ether oxygens (including phenoxy) is 1. The van der Waals surface area contributed by atoms with Gasteiger partial charge in [0.05, 0.1) is 0 Å². The van der Waals surface area contributed by atoms with Crippen LogP contribution in [0.4, 0.5) is 0 Å². The van der Waals surface area contributed by atoms with Crippen molar-refractivity contribution in [1.82, 2.24) is 0 Å². The normalized spacial score (nSPS) is 13.1. The lowest BCUT2D eigenvalue weighted by molar-refractivity contribution is -0.148. The van der Waals surface area contributed by atoms with Crippen LogP contribution in [0.2, 0.25) is 13.1 Å². The molecule has 3 nitrogen and oxygen atoms in total. The van der Waals surface area contributed by atoms with E-state index in [1.165, 1.54) is 6.08 Å².